The SMILES string of the molecule is Cc1cc(C)cc(OC(=O)[C@@H](Cc2ccccc2)N2C(=O)c3ccccc3C2=O)c1. The molecule has 1 heterocycles. The predicted molar refractivity (Wildman–Crippen MR) is 112 cm³/mol. The summed E-state index contributed by atoms with van der Waals surface area (Å²) in [5.74, 6) is -1.20. The van der Waals surface area contributed by atoms with E-state index >= 15 is 0 Å². The molecule has 0 N–H and O–H groups in total. The number of ether oxygens (including phenoxy) is 1. The second-order valence-corrected chi connectivity index (χ2v) is 7.48. The van der Waals surface area contributed by atoms with Crippen LogP contribution < -0.4 is 4.74 Å². The highest BCUT2D eigenvalue weighted by atomic mass is 16.5. The first kappa shape index (κ1) is 19.6. The van der Waals surface area contributed by atoms with E-state index in [1.165, 1.54) is 0 Å². The number of fused-ring (bicyclic) bond motifs is 1. The third kappa shape index (κ3) is 3.74. The fourth-order valence-corrected chi connectivity index (χ4v) is 3.78. The van der Waals surface area contributed by atoms with Gasteiger partial charge in [0.25, 0.3) is 11.8 Å². The molecule has 5 nitrogen and oxygen atoms in total. The number of nitrogens with zero attached hydrogens (tertiary/aromatic N) is 1. The van der Waals surface area contributed by atoms with Gasteiger partial charge in [0.1, 0.15) is 11.8 Å². The van der Waals surface area contributed by atoms with Crippen LogP contribution in [0.15, 0.2) is 72.8 Å². The summed E-state index contributed by atoms with van der Waals surface area (Å²) >= 11 is 0. The lowest BCUT2D eigenvalue weighted by molar-refractivity contribution is -0.138. The molecule has 0 spiro atoms. The molecule has 0 unspecified atom stereocenters. The molecule has 0 saturated heterocycles. The molecular weight excluding hydrogens is 378 g/mol. The van der Waals surface area contributed by atoms with Crippen LogP contribution in [0.2, 0.25) is 0 Å². The topological polar surface area (TPSA) is 63.7 Å². The van der Waals surface area contributed by atoms with Crippen LogP contribution in [-0.2, 0) is 11.2 Å². The molecule has 2 amide bonds. The zero-order valence-electron chi connectivity index (χ0n) is 16.8. The minimum Gasteiger partial charge on any atom is -0.425 e. The molecule has 1 atom stereocenters. The van der Waals surface area contributed by atoms with Gasteiger partial charge in [0.2, 0.25) is 0 Å². The minimum absolute atomic E-state index is 0.177. The number of benzene rings is 3. The summed E-state index contributed by atoms with van der Waals surface area (Å²) in [6.07, 6.45) is 0.177. The van der Waals surface area contributed by atoms with Crippen LogP contribution in [0, 0.1) is 13.8 Å². The van der Waals surface area contributed by atoms with Crippen molar-refractivity contribution in [2.75, 3.05) is 0 Å². The molecule has 0 fully saturated rings. The van der Waals surface area contributed by atoms with Crippen LogP contribution in [-0.4, -0.2) is 28.7 Å². The van der Waals surface area contributed by atoms with Gasteiger partial charge >= 0.3 is 5.97 Å². The number of carbonyl (C=O) groups is 3. The first-order valence-electron chi connectivity index (χ1n) is 9.75. The highest BCUT2D eigenvalue weighted by molar-refractivity contribution is 6.22. The normalized spacial score (nSPS) is 13.9. The van der Waals surface area contributed by atoms with Crippen molar-refractivity contribution < 1.29 is 19.1 Å². The average Bonchev–Trinajstić information content (AvgIpc) is 2.97. The van der Waals surface area contributed by atoms with E-state index in [-0.39, 0.29) is 6.42 Å². The van der Waals surface area contributed by atoms with Gasteiger partial charge in [-0.3, -0.25) is 14.5 Å². The van der Waals surface area contributed by atoms with Gasteiger partial charge in [0.15, 0.2) is 0 Å². The average molecular weight is 399 g/mol. The molecule has 1 aliphatic heterocycles. The Morgan fingerprint density at radius 1 is 0.833 bits per heavy atom. The van der Waals surface area contributed by atoms with Gasteiger partial charge in [-0.25, -0.2) is 4.79 Å². The van der Waals surface area contributed by atoms with Crippen LogP contribution in [0.5, 0.6) is 5.75 Å². The van der Waals surface area contributed by atoms with E-state index in [2.05, 4.69) is 0 Å². The van der Waals surface area contributed by atoms with Crippen molar-refractivity contribution in [3.05, 3.63) is 101 Å². The third-order valence-electron chi connectivity index (χ3n) is 5.09. The molecular formula is C25H21NO4. The smallest absolute Gasteiger partial charge is 0.335 e. The first-order chi connectivity index (χ1) is 14.4. The van der Waals surface area contributed by atoms with E-state index in [1.54, 1.807) is 36.4 Å². The molecule has 30 heavy (non-hydrogen) atoms. The monoisotopic (exact) mass is 399 g/mol. The Bertz CT molecular complexity index is 1080. The van der Waals surface area contributed by atoms with Gasteiger partial charge in [0.05, 0.1) is 11.1 Å². The summed E-state index contributed by atoms with van der Waals surface area (Å²) in [7, 11) is 0. The van der Waals surface area contributed by atoms with Gasteiger partial charge in [-0.15, -0.1) is 0 Å². The van der Waals surface area contributed by atoms with E-state index in [4.69, 9.17) is 4.74 Å². The molecule has 4 rings (SSSR count). The fraction of sp³-hybridized carbons (Fsp3) is 0.160. The van der Waals surface area contributed by atoms with Crippen molar-refractivity contribution in [2.45, 2.75) is 26.3 Å². The second kappa shape index (κ2) is 7.95. The lowest BCUT2D eigenvalue weighted by Crippen LogP contribution is -2.48. The predicted octanol–water partition coefficient (Wildman–Crippen LogP) is 4.12. The Balaban J connectivity index is 1.69. The second-order valence-electron chi connectivity index (χ2n) is 7.48. The maximum atomic E-state index is 13.2. The van der Waals surface area contributed by atoms with Crippen molar-refractivity contribution in [2.24, 2.45) is 0 Å². The summed E-state index contributed by atoms with van der Waals surface area (Å²) in [6.45, 7) is 3.83. The summed E-state index contributed by atoms with van der Waals surface area (Å²) in [5.41, 5.74) is 3.35. The molecule has 0 radical (unpaired) electrons. The number of hydrogen-bond donors (Lipinski definition) is 0. The number of aryl methyl sites for hydroxylation is 2. The lowest BCUT2D eigenvalue weighted by atomic mass is 10.0. The Morgan fingerprint density at radius 3 is 1.93 bits per heavy atom. The van der Waals surface area contributed by atoms with E-state index in [0.717, 1.165) is 21.6 Å². The number of esters is 1. The third-order valence-corrected chi connectivity index (χ3v) is 5.09. The van der Waals surface area contributed by atoms with Gasteiger partial charge in [-0.2, -0.15) is 0 Å². The maximum absolute atomic E-state index is 13.2. The van der Waals surface area contributed by atoms with Crippen LogP contribution in [0.3, 0.4) is 0 Å². The van der Waals surface area contributed by atoms with Crippen LogP contribution in [0.25, 0.3) is 0 Å². The first-order valence-corrected chi connectivity index (χ1v) is 9.75. The van der Waals surface area contributed by atoms with Crippen molar-refractivity contribution in [3.8, 4) is 5.75 Å². The van der Waals surface area contributed by atoms with Crippen molar-refractivity contribution in [1.29, 1.82) is 0 Å². The number of amides is 2. The van der Waals surface area contributed by atoms with Gasteiger partial charge < -0.3 is 4.74 Å². The summed E-state index contributed by atoms with van der Waals surface area (Å²) < 4.78 is 5.63. The van der Waals surface area contributed by atoms with Gasteiger partial charge in [0, 0.05) is 6.42 Å². The number of rotatable bonds is 5. The van der Waals surface area contributed by atoms with Crippen molar-refractivity contribution in [1.82, 2.24) is 4.90 Å². The molecule has 0 saturated carbocycles. The molecule has 3 aromatic rings. The molecule has 0 bridgehead atoms. The molecule has 0 aromatic heterocycles. The highest BCUT2D eigenvalue weighted by Gasteiger charge is 2.43. The van der Waals surface area contributed by atoms with Gasteiger partial charge in [-0.05, 0) is 54.8 Å². The fourth-order valence-electron chi connectivity index (χ4n) is 3.78. The number of imide groups is 1. The Morgan fingerprint density at radius 2 is 1.37 bits per heavy atom. The highest BCUT2D eigenvalue weighted by Crippen LogP contribution is 2.27. The number of carbonyl (C=O) groups excluding carboxylic acids is 3. The standard InChI is InChI=1S/C25H21NO4/c1-16-12-17(2)14-19(13-16)30-25(29)22(15-18-8-4-3-5-9-18)26-23(27)20-10-6-7-11-21(20)24(26)28/h3-14,22H,15H2,1-2H3/t22-/m1/s1. The van der Waals surface area contributed by atoms with E-state index < -0.39 is 23.8 Å². The van der Waals surface area contributed by atoms with Crippen LogP contribution in [0.4, 0.5) is 0 Å². The van der Waals surface area contributed by atoms with Crippen LogP contribution in [0.1, 0.15) is 37.4 Å². The number of hydrogen-bond acceptors (Lipinski definition) is 4. The van der Waals surface area contributed by atoms with E-state index in [1.807, 2.05) is 50.2 Å². The van der Waals surface area contributed by atoms with Gasteiger partial charge in [-0.1, -0.05) is 48.5 Å². The quantitative estimate of drug-likeness (QED) is 0.368. The van der Waals surface area contributed by atoms with E-state index in [9.17, 15) is 14.4 Å². The Kier molecular flexibility index (Phi) is 5.19. The molecule has 1 aliphatic rings. The largest absolute Gasteiger partial charge is 0.425 e. The Hall–Kier alpha value is -3.73. The molecule has 0 aliphatic carbocycles. The maximum Gasteiger partial charge on any atom is 0.335 e. The molecule has 5 heteroatoms. The van der Waals surface area contributed by atoms with E-state index in [0.29, 0.717) is 16.9 Å². The summed E-state index contributed by atoms with van der Waals surface area (Å²) in [6, 6.07) is 20.3. The minimum atomic E-state index is -1.07. The molecule has 3 aromatic carbocycles. The van der Waals surface area contributed by atoms with Crippen LogP contribution >= 0.6 is 0 Å². The lowest BCUT2D eigenvalue weighted by Gasteiger charge is -2.24. The zero-order chi connectivity index (χ0) is 21.3. The van der Waals surface area contributed by atoms with Crippen molar-refractivity contribution >= 4 is 17.8 Å². The Labute approximate surface area is 174 Å². The molecule has 150 valence electrons. The summed E-state index contributed by atoms with van der Waals surface area (Å²) in [4.78, 5) is 40.2. The van der Waals surface area contributed by atoms with Crippen molar-refractivity contribution in [3.63, 3.8) is 0 Å². The zero-order valence-corrected chi connectivity index (χ0v) is 16.8. The summed E-state index contributed by atoms with van der Waals surface area (Å²) in [5, 5.41) is 0.